The molecule has 1 N–H and O–H groups in total. The second-order valence-corrected chi connectivity index (χ2v) is 11.8. The molecule has 0 saturated heterocycles. The molecule has 224 valence electrons. The summed E-state index contributed by atoms with van der Waals surface area (Å²) in [7, 11) is 1.30. The van der Waals surface area contributed by atoms with E-state index in [1.54, 1.807) is 13.8 Å². The van der Waals surface area contributed by atoms with Gasteiger partial charge in [-0.25, -0.2) is 31.1 Å². The zero-order chi connectivity index (χ0) is 30.7. The van der Waals surface area contributed by atoms with Gasteiger partial charge in [0.25, 0.3) is 0 Å². The third-order valence-electron chi connectivity index (χ3n) is 7.48. The molecule has 3 aromatic carbocycles. The summed E-state index contributed by atoms with van der Waals surface area (Å²) in [6.07, 6.45) is 5.88. The number of carboxylic acids is 1. The van der Waals surface area contributed by atoms with Crippen LogP contribution < -0.4 is 4.90 Å². The highest BCUT2D eigenvalue weighted by molar-refractivity contribution is 7.97. The van der Waals surface area contributed by atoms with Gasteiger partial charge in [0.15, 0.2) is 23.3 Å². The molecule has 1 amide bonds. The van der Waals surface area contributed by atoms with Crippen LogP contribution in [0.1, 0.15) is 70.6 Å². The number of hydrogen-bond acceptors (Lipinski definition) is 4. The summed E-state index contributed by atoms with van der Waals surface area (Å²) >= 11 is 0.225. The Morgan fingerprint density at radius 3 is 1.90 bits per heavy atom. The lowest BCUT2D eigenvalue weighted by molar-refractivity contribution is -0.118. The van der Waals surface area contributed by atoms with Crippen LogP contribution in [0.25, 0.3) is 0 Å². The van der Waals surface area contributed by atoms with Gasteiger partial charge in [0.2, 0.25) is 11.7 Å². The average molecular weight is 607 g/mol. The molecule has 11 heteroatoms. The summed E-state index contributed by atoms with van der Waals surface area (Å²) in [5.74, 6) is -11.5. The molecule has 0 heterocycles. The van der Waals surface area contributed by atoms with Gasteiger partial charge in [-0.05, 0) is 86.0 Å². The number of carboxylic acid groups (broad SMARTS) is 1. The van der Waals surface area contributed by atoms with Crippen LogP contribution in [-0.2, 0) is 11.3 Å². The number of hydrogen-bond donors (Lipinski definition) is 1. The van der Waals surface area contributed by atoms with E-state index in [0.717, 1.165) is 22.7 Å². The SMILES string of the molecule is Cc1cc(C(=O)O)cc(C)c1N(Cc1ccc(C2CCCCC2)cc1)C(=O)CN(C)Sc1c(F)c(F)c(F)c(F)c1F. The summed E-state index contributed by atoms with van der Waals surface area (Å²) in [5, 5.41) is 9.47. The van der Waals surface area contributed by atoms with Gasteiger partial charge in [0.05, 0.1) is 18.7 Å². The van der Waals surface area contributed by atoms with Crippen LogP contribution in [0.5, 0.6) is 0 Å². The number of benzene rings is 3. The first kappa shape index (κ1) is 31.5. The van der Waals surface area contributed by atoms with E-state index in [9.17, 15) is 36.6 Å². The Morgan fingerprint density at radius 2 is 1.38 bits per heavy atom. The molecule has 0 bridgehead atoms. The van der Waals surface area contributed by atoms with Gasteiger partial charge in [0, 0.05) is 5.69 Å². The van der Waals surface area contributed by atoms with E-state index in [1.165, 1.54) is 48.9 Å². The van der Waals surface area contributed by atoms with Crippen molar-refractivity contribution in [1.82, 2.24) is 4.31 Å². The molecule has 0 spiro atoms. The first-order chi connectivity index (χ1) is 19.9. The normalized spacial score (nSPS) is 13.9. The van der Waals surface area contributed by atoms with E-state index >= 15 is 0 Å². The molecule has 1 fully saturated rings. The van der Waals surface area contributed by atoms with Gasteiger partial charge >= 0.3 is 5.97 Å². The van der Waals surface area contributed by atoms with Gasteiger partial charge in [-0.1, -0.05) is 43.5 Å². The molecule has 0 aliphatic heterocycles. The second-order valence-electron chi connectivity index (χ2n) is 10.6. The van der Waals surface area contributed by atoms with Crippen LogP contribution in [0.4, 0.5) is 27.6 Å². The van der Waals surface area contributed by atoms with Crippen LogP contribution >= 0.6 is 11.9 Å². The Hall–Kier alpha value is -3.44. The summed E-state index contributed by atoms with van der Waals surface area (Å²) in [5.41, 5.74) is 3.60. The fraction of sp³-hybridized carbons (Fsp3) is 0.355. The lowest BCUT2D eigenvalue weighted by atomic mass is 9.84. The maximum atomic E-state index is 14.3. The Labute approximate surface area is 245 Å². The number of likely N-dealkylation sites (N-methyl/N-ethyl adjacent to an activating group) is 1. The van der Waals surface area contributed by atoms with E-state index in [1.807, 2.05) is 24.3 Å². The number of carbonyl (C=O) groups is 2. The van der Waals surface area contributed by atoms with E-state index in [-0.39, 0.29) is 24.1 Å². The Morgan fingerprint density at radius 1 is 0.857 bits per heavy atom. The zero-order valence-corrected chi connectivity index (χ0v) is 24.3. The lowest BCUT2D eigenvalue weighted by Gasteiger charge is -2.29. The number of nitrogens with zero attached hydrogens (tertiary/aromatic N) is 2. The summed E-state index contributed by atoms with van der Waals surface area (Å²) in [6.45, 7) is 3.01. The summed E-state index contributed by atoms with van der Waals surface area (Å²) in [6, 6.07) is 10.9. The van der Waals surface area contributed by atoms with E-state index < -0.39 is 52.4 Å². The fourth-order valence-corrected chi connectivity index (χ4v) is 6.27. The van der Waals surface area contributed by atoms with Gasteiger partial charge in [-0.15, -0.1) is 0 Å². The van der Waals surface area contributed by atoms with Gasteiger partial charge in [-0.2, -0.15) is 0 Å². The largest absolute Gasteiger partial charge is 0.478 e. The molecule has 0 radical (unpaired) electrons. The summed E-state index contributed by atoms with van der Waals surface area (Å²) < 4.78 is 70.6. The maximum Gasteiger partial charge on any atom is 0.335 e. The van der Waals surface area contributed by atoms with Crippen molar-refractivity contribution in [2.75, 3.05) is 18.5 Å². The third kappa shape index (κ3) is 6.78. The Bertz CT molecular complexity index is 1440. The number of rotatable bonds is 9. The topological polar surface area (TPSA) is 60.9 Å². The first-order valence-electron chi connectivity index (χ1n) is 13.5. The fourth-order valence-electron chi connectivity index (χ4n) is 5.44. The zero-order valence-electron chi connectivity index (χ0n) is 23.4. The molecular weight excluding hydrogens is 575 g/mol. The van der Waals surface area contributed by atoms with Crippen molar-refractivity contribution in [3.63, 3.8) is 0 Å². The van der Waals surface area contributed by atoms with E-state index in [4.69, 9.17) is 0 Å². The highest BCUT2D eigenvalue weighted by Crippen LogP contribution is 2.35. The Kier molecular flexibility index (Phi) is 9.93. The number of halogens is 5. The van der Waals surface area contributed by atoms with Crippen molar-refractivity contribution in [2.45, 2.75) is 63.3 Å². The van der Waals surface area contributed by atoms with Crippen LogP contribution in [-0.4, -0.2) is 34.9 Å². The molecule has 1 aliphatic rings. The van der Waals surface area contributed by atoms with Crippen molar-refractivity contribution < 1.29 is 36.6 Å². The van der Waals surface area contributed by atoms with Crippen molar-refractivity contribution in [1.29, 1.82) is 0 Å². The van der Waals surface area contributed by atoms with Gasteiger partial charge in [-0.3, -0.25) is 4.79 Å². The molecule has 0 atom stereocenters. The minimum Gasteiger partial charge on any atom is -0.478 e. The Balaban J connectivity index is 1.63. The van der Waals surface area contributed by atoms with Gasteiger partial charge in [0.1, 0.15) is 4.90 Å². The molecule has 4 rings (SSSR count). The predicted molar refractivity (Wildman–Crippen MR) is 151 cm³/mol. The smallest absolute Gasteiger partial charge is 0.335 e. The van der Waals surface area contributed by atoms with Crippen LogP contribution in [0.15, 0.2) is 41.3 Å². The van der Waals surface area contributed by atoms with Crippen LogP contribution in [0.3, 0.4) is 0 Å². The van der Waals surface area contributed by atoms with Crippen molar-refractivity contribution in [3.8, 4) is 0 Å². The number of carbonyl (C=O) groups excluding carboxylic acids is 1. The number of aromatic carboxylic acids is 1. The van der Waals surface area contributed by atoms with Crippen molar-refractivity contribution >= 4 is 29.5 Å². The molecule has 0 unspecified atom stereocenters. The number of anilines is 1. The maximum absolute atomic E-state index is 14.3. The minimum atomic E-state index is -2.26. The number of amides is 1. The van der Waals surface area contributed by atoms with Crippen LogP contribution in [0, 0.1) is 42.9 Å². The average Bonchev–Trinajstić information content (AvgIpc) is 2.97. The molecular formula is C31H31F5N2O3S. The second kappa shape index (κ2) is 13.2. The minimum absolute atomic E-state index is 0.0528. The lowest BCUT2D eigenvalue weighted by Crippen LogP contribution is -2.38. The van der Waals surface area contributed by atoms with E-state index in [2.05, 4.69) is 0 Å². The molecule has 3 aromatic rings. The third-order valence-corrected chi connectivity index (χ3v) is 8.46. The molecule has 0 aromatic heterocycles. The molecule has 5 nitrogen and oxygen atoms in total. The molecule has 1 saturated carbocycles. The molecule has 42 heavy (non-hydrogen) atoms. The highest BCUT2D eigenvalue weighted by atomic mass is 32.2. The van der Waals surface area contributed by atoms with E-state index in [0.29, 0.717) is 22.7 Å². The highest BCUT2D eigenvalue weighted by Gasteiger charge is 2.29. The summed E-state index contributed by atoms with van der Waals surface area (Å²) in [4.78, 5) is 25.6. The standard InChI is InChI=1S/C31H31F5N2O3S/c1-17-13-22(31(40)41)14-18(2)29(17)38(15-19-9-11-21(12-10-19)20-7-5-4-6-8-20)23(39)16-37(3)42-30-27(35)25(33)24(32)26(34)28(30)36/h9-14,20H,4-8,15-16H2,1-3H3,(H,40,41). The van der Waals surface area contributed by atoms with Crippen molar-refractivity contribution in [2.24, 2.45) is 0 Å². The molecule has 1 aliphatic carbocycles. The first-order valence-corrected chi connectivity index (χ1v) is 14.3. The van der Waals surface area contributed by atoms with Crippen molar-refractivity contribution in [3.05, 3.63) is 93.3 Å². The number of aryl methyl sites for hydroxylation is 2. The van der Waals surface area contributed by atoms with Gasteiger partial charge < -0.3 is 10.0 Å². The predicted octanol–water partition coefficient (Wildman–Crippen LogP) is 7.92. The van der Waals surface area contributed by atoms with Crippen LogP contribution in [0.2, 0.25) is 0 Å². The monoisotopic (exact) mass is 606 g/mol. The quantitative estimate of drug-likeness (QED) is 0.116.